The summed E-state index contributed by atoms with van der Waals surface area (Å²) in [6.07, 6.45) is 0. The Morgan fingerprint density at radius 3 is 1.00 bits per heavy atom. The lowest BCUT2D eigenvalue weighted by atomic mass is 10.3. The lowest BCUT2D eigenvalue weighted by molar-refractivity contribution is -0.0980. The molecule has 2 amide bonds. The van der Waals surface area contributed by atoms with Crippen LogP contribution in [0.25, 0.3) is 0 Å². The fraction of sp³-hybridized carbons (Fsp3) is 0. The number of amides is 2. The minimum Gasteiger partial charge on any atom is -0.508 e. The summed E-state index contributed by atoms with van der Waals surface area (Å²) in [5.41, 5.74) is 8.50. The molecule has 0 aliphatic rings. The van der Waals surface area contributed by atoms with Crippen molar-refractivity contribution in [2.75, 3.05) is 0 Å². The molecule has 0 aliphatic carbocycles. The van der Waals surface area contributed by atoms with Gasteiger partial charge >= 0.3 is 6.03 Å². The van der Waals surface area contributed by atoms with Gasteiger partial charge in [-0.15, -0.1) is 0 Å². The fourth-order valence-electron chi connectivity index (χ4n) is 0.986. The number of hydrogen-bond donors (Lipinski definition) is 6. The van der Waals surface area contributed by atoms with Crippen molar-refractivity contribution >= 4 is 12.8 Å². The van der Waals surface area contributed by atoms with Crippen LogP contribution in [0, 0.1) is 0 Å². The number of benzene rings is 2. The van der Waals surface area contributed by atoms with Gasteiger partial charge in [0, 0.05) is 12.1 Å². The molecule has 0 radical (unpaired) electrons. The molecule has 8 nitrogen and oxygen atoms in total. The number of phenols is 4. The van der Waals surface area contributed by atoms with Gasteiger partial charge in [0.25, 0.3) is 0 Å². The largest absolute Gasteiger partial charge is 0.508 e. The molecule has 0 spiro atoms. The zero-order valence-corrected chi connectivity index (χ0v) is 11.6. The SMILES string of the molecule is C=O.NC(N)=O.Oc1cccc(O)c1.Oc1cccc(O)c1. The van der Waals surface area contributed by atoms with Gasteiger partial charge in [0.15, 0.2) is 0 Å². The average molecular weight is 310 g/mol. The number of rotatable bonds is 0. The molecule has 0 fully saturated rings. The molecule has 0 aliphatic heterocycles. The summed E-state index contributed by atoms with van der Waals surface area (Å²) >= 11 is 0. The van der Waals surface area contributed by atoms with Crippen LogP contribution in [-0.2, 0) is 4.79 Å². The van der Waals surface area contributed by atoms with Crippen LogP contribution in [-0.4, -0.2) is 33.2 Å². The van der Waals surface area contributed by atoms with Crippen LogP contribution in [0.5, 0.6) is 23.0 Å². The molecule has 8 heteroatoms. The molecule has 22 heavy (non-hydrogen) atoms. The fourth-order valence-corrected chi connectivity index (χ4v) is 0.986. The second-order valence-electron chi connectivity index (χ2n) is 3.44. The maximum absolute atomic E-state index is 9.00. The summed E-state index contributed by atoms with van der Waals surface area (Å²) in [7, 11) is 0. The number of hydrogen-bond acceptors (Lipinski definition) is 6. The zero-order chi connectivity index (χ0) is 17.5. The van der Waals surface area contributed by atoms with Crippen molar-refractivity contribution in [2.24, 2.45) is 11.5 Å². The minimum atomic E-state index is -0.833. The standard InChI is InChI=1S/2C6H6O2.CH4N2O.CH2O/c2*7-5-2-1-3-6(8)4-5;2-1(3)4;1-2/h2*1-4,7-8H;(H4,2,3,4);1H2. The van der Waals surface area contributed by atoms with Crippen molar-refractivity contribution in [3.8, 4) is 23.0 Å². The van der Waals surface area contributed by atoms with Gasteiger partial charge < -0.3 is 36.7 Å². The lowest BCUT2D eigenvalue weighted by Gasteiger charge is -1.89. The van der Waals surface area contributed by atoms with E-state index in [0.717, 1.165) is 0 Å². The van der Waals surface area contributed by atoms with E-state index in [4.69, 9.17) is 30.0 Å². The summed E-state index contributed by atoms with van der Waals surface area (Å²) in [6, 6.07) is 10.9. The van der Waals surface area contributed by atoms with Gasteiger partial charge in [-0.25, -0.2) is 4.79 Å². The topological polar surface area (TPSA) is 167 Å². The average Bonchev–Trinajstić information content (AvgIpc) is 2.40. The van der Waals surface area contributed by atoms with Gasteiger partial charge in [-0.1, -0.05) is 12.1 Å². The first kappa shape index (κ1) is 20.9. The Morgan fingerprint density at radius 2 is 0.909 bits per heavy atom. The molecule has 2 aromatic carbocycles. The number of phenolic OH excluding ortho intramolecular Hbond substituents is 4. The first-order valence-electron chi connectivity index (χ1n) is 5.61. The third-order valence-corrected chi connectivity index (χ3v) is 1.66. The van der Waals surface area contributed by atoms with Crippen LogP contribution >= 0.6 is 0 Å². The highest BCUT2D eigenvalue weighted by molar-refractivity contribution is 5.69. The summed E-state index contributed by atoms with van der Waals surface area (Å²) in [5, 5.41) is 34.6. The minimum absolute atomic E-state index is 0.0880. The second-order valence-corrected chi connectivity index (χ2v) is 3.44. The van der Waals surface area contributed by atoms with E-state index < -0.39 is 6.03 Å². The maximum atomic E-state index is 9.00. The normalized spacial score (nSPS) is 7.82. The Bertz CT molecular complexity index is 481. The Hall–Kier alpha value is -3.42. The highest BCUT2D eigenvalue weighted by atomic mass is 16.3. The molecule has 0 bridgehead atoms. The Labute approximate surface area is 126 Å². The van der Waals surface area contributed by atoms with Crippen molar-refractivity contribution in [3.63, 3.8) is 0 Å². The molecular weight excluding hydrogens is 292 g/mol. The molecule has 0 heterocycles. The van der Waals surface area contributed by atoms with E-state index in [9.17, 15) is 0 Å². The van der Waals surface area contributed by atoms with Gasteiger partial charge in [-0.3, -0.25) is 0 Å². The molecular formula is C14H18N2O6. The van der Waals surface area contributed by atoms with Gasteiger partial charge in [-0.2, -0.15) is 0 Å². The van der Waals surface area contributed by atoms with E-state index in [-0.39, 0.29) is 23.0 Å². The number of nitrogens with two attached hydrogens (primary N) is 2. The molecule has 120 valence electrons. The number of aromatic hydroxyl groups is 4. The van der Waals surface area contributed by atoms with E-state index in [2.05, 4.69) is 11.5 Å². The summed E-state index contributed by atoms with van der Waals surface area (Å²) < 4.78 is 0. The van der Waals surface area contributed by atoms with Crippen molar-refractivity contribution in [1.29, 1.82) is 0 Å². The molecule has 0 saturated heterocycles. The van der Waals surface area contributed by atoms with E-state index >= 15 is 0 Å². The second kappa shape index (κ2) is 12.6. The summed E-state index contributed by atoms with van der Waals surface area (Å²) in [4.78, 5) is 17.0. The molecule has 2 rings (SSSR count). The van der Waals surface area contributed by atoms with Crippen LogP contribution in [0.4, 0.5) is 4.79 Å². The van der Waals surface area contributed by atoms with Crippen LogP contribution in [0.2, 0.25) is 0 Å². The number of carbonyl (C=O) groups is 2. The molecule has 0 aromatic heterocycles. The summed E-state index contributed by atoms with van der Waals surface area (Å²) in [6.45, 7) is 2.00. The van der Waals surface area contributed by atoms with Crippen molar-refractivity contribution in [1.82, 2.24) is 0 Å². The van der Waals surface area contributed by atoms with Crippen molar-refractivity contribution in [2.45, 2.75) is 0 Å². The zero-order valence-electron chi connectivity index (χ0n) is 11.6. The first-order valence-corrected chi connectivity index (χ1v) is 5.61. The van der Waals surface area contributed by atoms with Gasteiger partial charge in [-0.05, 0) is 24.3 Å². The molecule has 0 saturated carbocycles. The molecule has 2 aromatic rings. The van der Waals surface area contributed by atoms with Crippen molar-refractivity contribution < 1.29 is 30.0 Å². The number of primary amides is 2. The third-order valence-electron chi connectivity index (χ3n) is 1.66. The number of carbonyl (C=O) groups excluding carboxylic acids is 2. The molecule has 0 unspecified atom stereocenters. The van der Waals surface area contributed by atoms with Crippen molar-refractivity contribution in [3.05, 3.63) is 48.5 Å². The van der Waals surface area contributed by atoms with Crippen LogP contribution in [0.1, 0.15) is 0 Å². The molecule has 8 N–H and O–H groups in total. The monoisotopic (exact) mass is 310 g/mol. The summed E-state index contributed by atoms with van der Waals surface area (Å²) in [5.74, 6) is 0.352. The van der Waals surface area contributed by atoms with Gasteiger partial charge in [0.1, 0.15) is 29.8 Å². The Balaban J connectivity index is 0. The molecule has 0 atom stereocenters. The predicted octanol–water partition coefficient (Wildman–Crippen LogP) is 1.03. The van der Waals surface area contributed by atoms with E-state index in [0.29, 0.717) is 0 Å². The Kier molecular flexibility index (Phi) is 12.0. The van der Waals surface area contributed by atoms with Crippen LogP contribution in [0.3, 0.4) is 0 Å². The van der Waals surface area contributed by atoms with Crippen LogP contribution in [0.15, 0.2) is 48.5 Å². The Morgan fingerprint density at radius 1 is 0.727 bits per heavy atom. The first-order chi connectivity index (χ1) is 10.3. The predicted molar refractivity (Wildman–Crippen MR) is 80.4 cm³/mol. The number of urea groups is 1. The van der Waals surface area contributed by atoms with E-state index in [1.807, 2.05) is 6.79 Å². The van der Waals surface area contributed by atoms with E-state index in [1.165, 1.54) is 36.4 Å². The maximum Gasteiger partial charge on any atom is 0.309 e. The van der Waals surface area contributed by atoms with Gasteiger partial charge in [0.05, 0.1) is 0 Å². The third kappa shape index (κ3) is 14.6. The quantitative estimate of drug-likeness (QED) is 0.425. The van der Waals surface area contributed by atoms with Gasteiger partial charge in [0.2, 0.25) is 0 Å². The van der Waals surface area contributed by atoms with Crippen LogP contribution < -0.4 is 11.5 Å². The smallest absolute Gasteiger partial charge is 0.309 e. The van der Waals surface area contributed by atoms with E-state index in [1.54, 1.807) is 12.1 Å². The highest BCUT2D eigenvalue weighted by Crippen LogP contribution is 2.15. The highest BCUT2D eigenvalue weighted by Gasteiger charge is 1.86. The lowest BCUT2D eigenvalue weighted by Crippen LogP contribution is -2.18.